The van der Waals surface area contributed by atoms with E-state index in [1.165, 1.54) is 0 Å². The first-order chi connectivity index (χ1) is 7.43. The maximum absolute atomic E-state index is 12.8. The van der Waals surface area contributed by atoms with Gasteiger partial charge in [0.15, 0.2) is 9.84 Å². The number of benzene rings is 1. The minimum Gasteiger partial charge on any atom is -0.329 e. The van der Waals surface area contributed by atoms with E-state index in [9.17, 15) is 17.2 Å². The zero-order valence-corrected chi connectivity index (χ0v) is 9.43. The lowest BCUT2D eigenvalue weighted by molar-refractivity contribution is 0.578. The lowest BCUT2D eigenvalue weighted by Gasteiger charge is -2.03. The van der Waals surface area contributed by atoms with Crippen molar-refractivity contribution in [3.05, 3.63) is 35.4 Å². The first-order valence-electron chi connectivity index (χ1n) is 4.78. The van der Waals surface area contributed by atoms with E-state index < -0.39 is 21.5 Å². The fourth-order valence-electron chi connectivity index (χ4n) is 1.31. The highest BCUT2D eigenvalue weighted by Gasteiger charge is 2.10. The largest absolute Gasteiger partial charge is 0.329 e. The molecule has 0 atom stereocenters. The predicted octanol–water partition coefficient (Wildman–Crippen LogP) is 0.881. The van der Waals surface area contributed by atoms with Crippen LogP contribution in [-0.4, -0.2) is 26.5 Å². The summed E-state index contributed by atoms with van der Waals surface area (Å²) in [6.07, 6.45) is 0.0943. The minimum absolute atomic E-state index is 0.0554. The number of aryl methyl sites for hydroxylation is 1. The highest BCUT2D eigenvalue weighted by molar-refractivity contribution is 7.91. The second kappa shape index (κ2) is 5.36. The Morgan fingerprint density at radius 1 is 1.06 bits per heavy atom. The molecular formula is C10H13F2NO2S. The van der Waals surface area contributed by atoms with Gasteiger partial charge < -0.3 is 5.73 Å². The third kappa shape index (κ3) is 4.24. The Hall–Kier alpha value is -1.01. The molecule has 1 aromatic carbocycles. The molecule has 0 fully saturated rings. The van der Waals surface area contributed by atoms with Crippen LogP contribution in [-0.2, 0) is 16.3 Å². The Morgan fingerprint density at radius 3 is 2.12 bits per heavy atom. The van der Waals surface area contributed by atoms with Gasteiger partial charge in [-0.05, 0) is 24.1 Å². The topological polar surface area (TPSA) is 60.2 Å². The van der Waals surface area contributed by atoms with Crippen LogP contribution in [0.5, 0.6) is 0 Å². The van der Waals surface area contributed by atoms with Crippen molar-refractivity contribution in [1.82, 2.24) is 0 Å². The monoisotopic (exact) mass is 249 g/mol. The van der Waals surface area contributed by atoms with E-state index in [0.29, 0.717) is 5.56 Å². The fraction of sp³-hybridized carbons (Fsp3) is 0.400. The van der Waals surface area contributed by atoms with Crippen molar-refractivity contribution < 1.29 is 17.2 Å². The molecule has 0 radical (unpaired) electrons. The van der Waals surface area contributed by atoms with Gasteiger partial charge in [-0.2, -0.15) is 0 Å². The van der Waals surface area contributed by atoms with Crippen molar-refractivity contribution in [2.24, 2.45) is 5.73 Å². The van der Waals surface area contributed by atoms with Gasteiger partial charge in [0.1, 0.15) is 11.6 Å². The van der Waals surface area contributed by atoms with Crippen LogP contribution in [0.3, 0.4) is 0 Å². The van der Waals surface area contributed by atoms with Crippen LogP contribution < -0.4 is 5.73 Å². The van der Waals surface area contributed by atoms with Crippen LogP contribution in [0.1, 0.15) is 5.56 Å². The fourth-order valence-corrected chi connectivity index (χ4v) is 2.42. The molecule has 90 valence electrons. The molecule has 0 aliphatic rings. The standard InChI is InChI=1S/C10H13F2NO2S/c11-9-5-8(6-10(12)7-9)1-3-16(14,15)4-2-13/h5-7H,1-4,13H2. The van der Waals surface area contributed by atoms with E-state index in [2.05, 4.69) is 0 Å². The molecule has 3 nitrogen and oxygen atoms in total. The number of hydrogen-bond donors (Lipinski definition) is 1. The second-order valence-electron chi connectivity index (χ2n) is 3.47. The van der Waals surface area contributed by atoms with Crippen molar-refractivity contribution in [3.8, 4) is 0 Å². The van der Waals surface area contributed by atoms with Gasteiger partial charge >= 0.3 is 0 Å². The molecule has 0 saturated carbocycles. The first kappa shape index (κ1) is 13.1. The lowest BCUT2D eigenvalue weighted by atomic mass is 10.2. The maximum Gasteiger partial charge on any atom is 0.151 e. The predicted molar refractivity (Wildman–Crippen MR) is 57.8 cm³/mol. The highest BCUT2D eigenvalue weighted by atomic mass is 32.2. The van der Waals surface area contributed by atoms with E-state index in [1.54, 1.807) is 0 Å². The molecule has 1 aromatic rings. The molecule has 0 amide bonds. The summed E-state index contributed by atoms with van der Waals surface area (Å²) in [6.45, 7) is 0.0554. The highest BCUT2D eigenvalue weighted by Crippen LogP contribution is 2.09. The molecule has 0 bridgehead atoms. The Balaban J connectivity index is 2.68. The van der Waals surface area contributed by atoms with Gasteiger partial charge in [0.05, 0.1) is 11.5 Å². The lowest BCUT2D eigenvalue weighted by Crippen LogP contribution is -2.19. The molecule has 0 aromatic heterocycles. The number of rotatable bonds is 5. The SMILES string of the molecule is NCCS(=O)(=O)CCc1cc(F)cc(F)c1. The summed E-state index contributed by atoms with van der Waals surface area (Å²) in [7, 11) is -3.23. The van der Waals surface area contributed by atoms with Crippen molar-refractivity contribution in [2.75, 3.05) is 18.1 Å². The van der Waals surface area contributed by atoms with Crippen molar-refractivity contribution in [1.29, 1.82) is 0 Å². The van der Waals surface area contributed by atoms with E-state index in [1.807, 2.05) is 0 Å². The summed E-state index contributed by atoms with van der Waals surface area (Å²) < 4.78 is 48.2. The smallest absolute Gasteiger partial charge is 0.151 e. The number of sulfone groups is 1. The van der Waals surface area contributed by atoms with Gasteiger partial charge in [-0.1, -0.05) is 0 Å². The Bertz CT molecular complexity index is 440. The Morgan fingerprint density at radius 2 is 1.62 bits per heavy atom. The molecule has 0 aliphatic carbocycles. The summed E-state index contributed by atoms with van der Waals surface area (Å²) >= 11 is 0. The summed E-state index contributed by atoms with van der Waals surface area (Å²) in [5.74, 6) is -1.66. The quantitative estimate of drug-likeness (QED) is 0.842. The minimum atomic E-state index is -3.23. The zero-order valence-electron chi connectivity index (χ0n) is 8.62. The third-order valence-electron chi connectivity index (χ3n) is 2.05. The van der Waals surface area contributed by atoms with Crippen molar-refractivity contribution in [3.63, 3.8) is 0 Å². The molecule has 16 heavy (non-hydrogen) atoms. The number of nitrogens with two attached hydrogens (primary N) is 1. The van der Waals surface area contributed by atoms with Gasteiger partial charge in [0.2, 0.25) is 0 Å². The molecular weight excluding hydrogens is 236 g/mol. The number of hydrogen-bond acceptors (Lipinski definition) is 3. The Labute approximate surface area is 93.2 Å². The molecule has 0 spiro atoms. The van der Waals surface area contributed by atoms with Crippen molar-refractivity contribution >= 4 is 9.84 Å². The summed E-state index contributed by atoms with van der Waals surface area (Å²) in [4.78, 5) is 0. The first-order valence-corrected chi connectivity index (χ1v) is 6.60. The third-order valence-corrected chi connectivity index (χ3v) is 3.74. The van der Waals surface area contributed by atoms with E-state index in [4.69, 9.17) is 5.73 Å². The van der Waals surface area contributed by atoms with Crippen LogP contribution in [0.2, 0.25) is 0 Å². The molecule has 0 heterocycles. The summed E-state index contributed by atoms with van der Waals surface area (Å²) in [5.41, 5.74) is 5.46. The summed E-state index contributed by atoms with van der Waals surface area (Å²) in [5, 5.41) is 0. The van der Waals surface area contributed by atoms with Gasteiger partial charge in [-0.25, -0.2) is 17.2 Å². The van der Waals surface area contributed by atoms with Crippen LogP contribution >= 0.6 is 0 Å². The average Bonchev–Trinajstić information content (AvgIpc) is 2.13. The maximum atomic E-state index is 12.8. The normalized spacial score (nSPS) is 11.7. The van der Waals surface area contributed by atoms with Crippen LogP contribution in [0.25, 0.3) is 0 Å². The van der Waals surface area contributed by atoms with E-state index in [-0.39, 0.29) is 24.5 Å². The van der Waals surface area contributed by atoms with Crippen LogP contribution in [0.4, 0.5) is 8.78 Å². The van der Waals surface area contributed by atoms with Gasteiger partial charge in [-0.15, -0.1) is 0 Å². The molecule has 1 rings (SSSR count). The van der Waals surface area contributed by atoms with E-state index in [0.717, 1.165) is 18.2 Å². The average molecular weight is 249 g/mol. The van der Waals surface area contributed by atoms with Crippen LogP contribution in [0.15, 0.2) is 18.2 Å². The van der Waals surface area contributed by atoms with Gasteiger partial charge in [0.25, 0.3) is 0 Å². The number of halogens is 2. The van der Waals surface area contributed by atoms with Gasteiger partial charge in [-0.3, -0.25) is 0 Å². The second-order valence-corrected chi connectivity index (χ2v) is 5.77. The molecule has 6 heteroatoms. The molecule has 0 unspecified atom stereocenters. The molecule has 0 saturated heterocycles. The van der Waals surface area contributed by atoms with Crippen LogP contribution in [0, 0.1) is 11.6 Å². The van der Waals surface area contributed by atoms with E-state index >= 15 is 0 Å². The van der Waals surface area contributed by atoms with Crippen molar-refractivity contribution in [2.45, 2.75) is 6.42 Å². The molecule has 0 aliphatic heterocycles. The molecule has 2 N–H and O–H groups in total. The van der Waals surface area contributed by atoms with Gasteiger partial charge in [0, 0.05) is 12.6 Å². The zero-order chi connectivity index (χ0) is 12.2. The Kier molecular flexibility index (Phi) is 4.37. The summed E-state index contributed by atoms with van der Waals surface area (Å²) in [6, 6.07) is 3.00.